The summed E-state index contributed by atoms with van der Waals surface area (Å²) in [7, 11) is 1.51. The van der Waals surface area contributed by atoms with Gasteiger partial charge in [-0.15, -0.1) is 0 Å². The lowest BCUT2D eigenvalue weighted by molar-refractivity contribution is -0.112. The zero-order chi connectivity index (χ0) is 25.2. The zero-order valence-electron chi connectivity index (χ0n) is 18.9. The summed E-state index contributed by atoms with van der Waals surface area (Å²) in [5.74, 6) is 1.11. The highest BCUT2D eigenvalue weighted by molar-refractivity contribution is 9.10. The van der Waals surface area contributed by atoms with Crippen LogP contribution in [0.25, 0.3) is 6.08 Å². The van der Waals surface area contributed by atoms with E-state index in [1.165, 1.54) is 13.2 Å². The lowest BCUT2D eigenvalue weighted by Crippen LogP contribution is -2.13. The van der Waals surface area contributed by atoms with E-state index >= 15 is 0 Å². The molecular formula is C27H22Br2N2O4. The van der Waals surface area contributed by atoms with Crippen molar-refractivity contribution in [2.45, 2.75) is 6.61 Å². The van der Waals surface area contributed by atoms with Gasteiger partial charge >= 0.3 is 0 Å². The third-order valence-corrected chi connectivity index (χ3v) is 5.82. The summed E-state index contributed by atoms with van der Waals surface area (Å²) in [6.45, 7) is 4.37. The number of ether oxygens (including phenoxy) is 3. The predicted molar refractivity (Wildman–Crippen MR) is 144 cm³/mol. The number of nitriles is 1. The first-order valence-electron chi connectivity index (χ1n) is 10.4. The van der Waals surface area contributed by atoms with Gasteiger partial charge in [-0.1, -0.05) is 40.7 Å². The Labute approximate surface area is 221 Å². The fraction of sp³-hybridized carbons (Fsp3) is 0.111. The second kappa shape index (κ2) is 12.8. The molecule has 178 valence electrons. The molecule has 0 spiro atoms. The average molecular weight is 598 g/mol. The van der Waals surface area contributed by atoms with Crippen molar-refractivity contribution in [2.75, 3.05) is 19.0 Å². The molecule has 8 heteroatoms. The number of nitrogens with one attached hydrogen (secondary N) is 1. The molecule has 0 aliphatic rings. The van der Waals surface area contributed by atoms with Gasteiger partial charge in [-0.3, -0.25) is 4.79 Å². The first-order chi connectivity index (χ1) is 16.9. The first-order valence-corrected chi connectivity index (χ1v) is 12.0. The first kappa shape index (κ1) is 26.1. The van der Waals surface area contributed by atoms with Gasteiger partial charge in [-0.25, -0.2) is 0 Å². The molecule has 0 aliphatic heterocycles. The molecule has 0 saturated heterocycles. The van der Waals surface area contributed by atoms with E-state index in [2.05, 4.69) is 43.8 Å². The van der Waals surface area contributed by atoms with Crippen LogP contribution in [0, 0.1) is 11.3 Å². The van der Waals surface area contributed by atoms with Crippen LogP contribution in [-0.2, 0) is 11.4 Å². The molecule has 6 nitrogen and oxygen atoms in total. The number of carbonyl (C=O) groups is 1. The molecular weight excluding hydrogens is 576 g/mol. The maximum absolute atomic E-state index is 12.7. The van der Waals surface area contributed by atoms with Crippen molar-refractivity contribution in [3.8, 4) is 23.3 Å². The Kier molecular flexibility index (Phi) is 9.53. The largest absolute Gasteiger partial charge is 0.493 e. The Morgan fingerprint density at radius 1 is 1.09 bits per heavy atom. The topological polar surface area (TPSA) is 80.6 Å². The molecule has 0 heterocycles. The van der Waals surface area contributed by atoms with Crippen molar-refractivity contribution < 1.29 is 19.0 Å². The number of hydrogen-bond donors (Lipinski definition) is 1. The predicted octanol–water partition coefficient (Wildman–Crippen LogP) is 6.91. The van der Waals surface area contributed by atoms with Crippen molar-refractivity contribution in [1.82, 2.24) is 0 Å². The normalized spacial score (nSPS) is 10.7. The summed E-state index contributed by atoms with van der Waals surface area (Å²) in [6.07, 6.45) is 3.11. The van der Waals surface area contributed by atoms with Gasteiger partial charge in [-0.2, -0.15) is 5.26 Å². The van der Waals surface area contributed by atoms with Crippen LogP contribution in [0.3, 0.4) is 0 Å². The fourth-order valence-corrected chi connectivity index (χ4v) is 3.84. The van der Waals surface area contributed by atoms with E-state index < -0.39 is 5.91 Å². The molecule has 3 aromatic rings. The highest BCUT2D eigenvalue weighted by atomic mass is 79.9. The molecule has 0 aliphatic carbocycles. The van der Waals surface area contributed by atoms with Crippen LogP contribution in [0.5, 0.6) is 17.2 Å². The van der Waals surface area contributed by atoms with Gasteiger partial charge in [0.2, 0.25) is 0 Å². The van der Waals surface area contributed by atoms with Gasteiger partial charge in [0.25, 0.3) is 5.91 Å². The summed E-state index contributed by atoms with van der Waals surface area (Å²) in [5.41, 5.74) is 2.12. The summed E-state index contributed by atoms with van der Waals surface area (Å²) in [6, 6.07) is 20.2. The van der Waals surface area contributed by atoms with Gasteiger partial charge in [0.15, 0.2) is 11.5 Å². The second-order valence-electron chi connectivity index (χ2n) is 7.20. The Morgan fingerprint density at radius 2 is 1.80 bits per heavy atom. The van der Waals surface area contributed by atoms with Crippen LogP contribution >= 0.6 is 31.9 Å². The van der Waals surface area contributed by atoms with Crippen molar-refractivity contribution >= 4 is 49.5 Å². The highest BCUT2D eigenvalue weighted by Gasteiger charge is 2.14. The number of rotatable bonds is 10. The summed E-state index contributed by atoms with van der Waals surface area (Å²) < 4.78 is 18.4. The van der Waals surface area contributed by atoms with E-state index in [4.69, 9.17) is 14.2 Å². The molecule has 0 saturated carbocycles. The number of anilines is 1. The SMILES string of the molecule is C=CCOc1c(Br)cc(/C=C(\C#N)C(=O)Nc2ccc(OCc3ccc(Br)cc3)cc2)cc1OC. The van der Waals surface area contributed by atoms with Crippen molar-refractivity contribution in [3.05, 3.63) is 99.0 Å². The summed E-state index contributed by atoms with van der Waals surface area (Å²) in [5, 5.41) is 12.3. The molecule has 35 heavy (non-hydrogen) atoms. The molecule has 1 N–H and O–H groups in total. The standard InChI is InChI=1S/C27H22Br2N2O4/c1-3-12-34-26-24(29)14-19(15-25(26)33-2)13-20(16-30)27(32)31-22-8-10-23(11-9-22)35-17-18-4-6-21(28)7-5-18/h3-11,13-15H,1,12,17H2,2H3,(H,31,32)/b20-13+. The average Bonchev–Trinajstić information content (AvgIpc) is 2.86. The van der Waals surface area contributed by atoms with E-state index in [0.717, 1.165) is 10.0 Å². The van der Waals surface area contributed by atoms with Crippen LogP contribution in [-0.4, -0.2) is 19.6 Å². The minimum atomic E-state index is -0.530. The lowest BCUT2D eigenvalue weighted by atomic mass is 10.1. The Hall–Kier alpha value is -3.54. The number of amides is 1. The molecule has 3 rings (SSSR count). The zero-order valence-corrected chi connectivity index (χ0v) is 22.1. The van der Waals surface area contributed by atoms with Crippen LogP contribution in [0.2, 0.25) is 0 Å². The van der Waals surface area contributed by atoms with Crippen LogP contribution in [0.1, 0.15) is 11.1 Å². The summed E-state index contributed by atoms with van der Waals surface area (Å²) in [4.78, 5) is 12.7. The summed E-state index contributed by atoms with van der Waals surface area (Å²) >= 11 is 6.85. The van der Waals surface area contributed by atoms with Crippen LogP contribution in [0.15, 0.2) is 87.8 Å². The number of methoxy groups -OCH3 is 1. The number of benzene rings is 3. The maximum Gasteiger partial charge on any atom is 0.266 e. The van der Waals surface area contributed by atoms with Crippen LogP contribution in [0.4, 0.5) is 5.69 Å². The van der Waals surface area contributed by atoms with Gasteiger partial charge in [-0.05, 0) is 81.7 Å². The van der Waals surface area contributed by atoms with E-state index in [0.29, 0.717) is 46.2 Å². The third kappa shape index (κ3) is 7.47. The minimum Gasteiger partial charge on any atom is -0.493 e. The van der Waals surface area contributed by atoms with Crippen LogP contribution < -0.4 is 19.5 Å². The number of nitrogens with zero attached hydrogens (tertiary/aromatic N) is 1. The Balaban J connectivity index is 1.68. The second-order valence-corrected chi connectivity index (χ2v) is 8.97. The molecule has 0 atom stereocenters. The molecule has 3 aromatic carbocycles. The quantitative estimate of drug-likeness (QED) is 0.156. The number of carbonyl (C=O) groups excluding carboxylic acids is 1. The smallest absolute Gasteiger partial charge is 0.266 e. The van der Waals surface area contributed by atoms with E-state index in [9.17, 15) is 10.1 Å². The maximum atomic E-state index is 12.7. The van der Waals surface area contributed by atoms with E-state index in [1.807, 2.05) is 30.3 Å². The number of hydrogen-bond acceptors (Lipinski definition) is 5. The lowest BCUT2D eigenvalue weighted by Gasteiger charge is -2.12. The number of halogens is 2. The van der Waals surface area contributed by atoms with E-state index in [-0.39, 0.29) is 5.57 Å². The molecule has 0 aromatic heterocycles. The van der Waals surface area contributed by atoms with Crippen molar-refractivity contribution in [3.63, 3.8) is 0 Å². The Bertz CT molecular complexity index is 1260. The molecule has 0 fully saturated rings. The van der Waals surface area contributed by atoms with Gasteiger partial charge in [0.1, 0.15) is 30.6 Å². The van der Waals surface area contributed by atoms with Crippen molar-refractivity contribution in [1.29, 1.82) is 5.26 Å². The molecule has 0 bridgehead atoms. The minimum absolute atomic E-state index is 0.0609. The molecule has 0 radical (unpaired) electrons. The van der Waals surface area contributed by atoms with Gasteiger partial charge in [0, 0.05) is 10.2 Å². The van der Waals surface area contributed by atoms with Crippen molar-refractivity contribution in [2.24, 2.45) is 0 Å². The van der Waals surface area contributed by atoms with E-state index in [1.54, 1.807) is 42.5 Å². The van der Waals surface area contributed by atoms with Gasteiger partial charge < -0.3 is 19.5 Å². The Morgan fingerprint density at radius 3 is 2.43 bits per heavy atom. The third-order valence-electron chi connectivity index (χ3n) is 4.70. The molecule has 0 unspecified atom stereocenters. The fourth-order valence-electron chi connectivity index (χ4n) is 3.00. The highest BCUT2D eigenvalue weighted by Crippen LogP contribution is 2.37. The monoisotopic (exact) mass is 596 g/mol. The molecule has 1 amide bonds. The van der Waals surface area contributed by atoms with Gasteiger partial charge in [0.05, 0.1) is 11.6 Å².